The molecule has 1 aromatic rings. The van der Waals surface area contributed by atoms with Crippen LogP contribution in [0, 0.1) is 5.92 Å². The van der Waals surface area contributed by atoms with Crippen molar-refractivity contribution >= 4 is 11.8 Å². The normalized spacial score (nSPS) is 17.2. The molecule has 1 aliphatic carbocycles. The largest absolute Gasteiger partial charge is 0.367 e. The molecule has 0 bridgehead atoms. The van der Waals surface area contributed by atoms with Crippen LogP contribution in [0.2, 0.25) is 0 Å². The Kier molecular flexibility index (Phi) is 5.43. The lowest BCUT2D eigenvalue weighted by Crippen LogP contribution is -2.19. The van der Waals surface area contributed by atoms with Crippen LogP contribution in [0.4, 0.5) is 11.8 Å². The molecule has 0 aromatic carbocycles. The number of aromatic nitrogens is 2. The molecule has 19 heavy (non-hydrogen) atoms. The zero-order valence-corrected chi connectivity index (χ0v) is 12.2. The van der Waals surface area contributed by atoms with Gasteiger partial charge in [0.25, 0.3) is 0 Å². The first-order chi connectivity index (χ1) is 9.24. The van der Waals surface area contributed by atoms with Gasteiger partial charge in [0.2, 0.25) is 5.95 Å². The number of hydrogen-bond donors (Lipinski definition) is 2. The molecule has 1 heterocycles. The standard InChI is InChI=1S/C15H26N4/c1-12(2)11-17-15-16-10-9-14(19-15)18-13-7-5-3-4-6-8-13/h9-10,12-13H,3-8,11H2,1-2H3,(H2,16,17,18,19). The first-order valence-corrected chi connectivity index (χ1v) is 7.57. The Hall–Kier alpha value is -1.32. The maximum Gasteiger partial charge on any atom is 0.224 e. The number of nitrogens with zero attached hydrogens (tertiary/aromatic N) is 2. The molecule has 0 amide bonds. The van der Waals surface area contributed by atoms with Crippen LogP contribution in [0.3, 0.4) is 0 Å². The van der Waals surface area contributed by atoms with E-state index < -0.39 is 0 Å². The number of anilines is 2. The topological polar surface area (TPSA) is 49.8 Å². The Balaban J connectivity index is 1.90. The van der Waals surface area contributed by atoms with E-state index >= 15 is 0 Å². The average molecular weight is 262 g/mol. The van der Waals surface area contributed by atoms with Crippen molar-refractivity contribution in [3.63, 3.8) is 0 Å². The van der Waals surface area contributed by atoms with Gasteiger partial charge in [-0.2, -0.15) is 4.98 Å². The SMILES string of the molecule is CC(C)CNc1nccc(NC2CCCCCC2)n1. The molecule has 0 aliphatic heterocycles. The van der Waals surface area contributed by atoms with Gasteiger partial charge in [0.05, 0.1) is 0 Å². The molecule has 1 aliphatic rings. The van der Waals surface area contributed by atoms with Crippen molar-refractivity contribution in [3.8, 4) is 0 Å². The summed E-state index contributed by atoms with van der Waals surface area (Å²) in [7, 11) is 0. The summed E-state index contributed by atoms with van der Waals surface area (Å²) in [6.45, 7) is 5.27. The average Bonchev–Trinajstić information content (AvgIpc) is 2.65. The predicted molar refractivity (Wildman–Crippen MR) is 80.5 cm³/mol. The fourth-order valence-corrected chi connectivity index (χ4v) is 2.45. The molecule has 1 saturated carbocycles. The van der Waals surface area contributed by atoms with E-state index in [-0.39, 0.29) is 0 Å². The highest BCUT2D eigenvalue weighted by Crippen LogP contribution is 2.20. The van der Waals surface area contributed by atoms with Gasteiger partial charge in [-0.15, -0.1) is 0 Å². The van der Waals surface area contributed by atoms with E-state index in [0.717, 1.165) is 18.3 Å². The predicted octanol–water partition coefficient (Wildman–Crippen LogP) is 3.68. The van der Waals surface area contributed by atoms with Crippen molar-refractivity contribution in [2.75, 3.05) is 17.2 Å². The van der Waals surface area contributed by atoms with Gasteiger partial charge >= 0.3 is 0 Å². The van der Waals surface area contributed by atoms with Crippen LogP contribution in [0.5, 0.6) is 0 Å². The Bertz CT molecular complexity index is 370. The summed E-state index contributed by atoms with van der Waals surface area (Å²) in [6, 6.07) is 2.54. The second-order valence-corrected chi connectivity index (χ2v) is 5.87. The van der Waals surface area contributed by atoms with Crippen molar-refractivity contribution in [1.82, 2.24) is 9.97 Å². The monoisotopic (exact) mass is 262 g/mol. The quantitative estimate of drug-likeness (QED) is 0.795. The summed E-state index contributed by atoms with van der Waals surface area (Å²) in [5, 5.41) is 6.83. The molecule has 0 radical (unpaired) electrons. The van der Waals surface area contributed by atoms with Gasteiger partial charge in [-0.25, -0.2) is 4.98 Å². The van der Waals surface area contributed by atoms with Gasteiger partial charge in [0, 0.05) is 18.8 Å². The fourth-order valence-electron chi connectivity index (χ4n) is 2.45. The highest BCUT2D eigenvalue weighted by atomic mass is 15.1. The van der Waals surface area contributed by atoms with Gasteiger partial charge in [0.15, 0.2) is 0 Å². The van der Waals surface area contributed by atoms with Crippen molar-refractivity contribution in [1.29, 1.82) is 0 Å². The van der Waals surface area contributed by atoms with Crippen LogP contribution >= 0.6 is 0 Å². The molecule has 2 rings (SSSR count). The van der Waals surface area contributed by atoms with Crippen LogP contribution < -0.4 is 10.6 Å². The molecule has 0 atom stereocenters. The molecule has 106 valence electrons. The van der Waals surface area contributed by atoms with E-state index in [1.54, 1.807) is 0 Å². The van der Waals surface area contributed by atoms with E-state index in [1.807, 2.05) is 12.3 Å². The van der Waals surface area contributed by atoms with Crippen molar-refractivity contribution < 1.29 is 0 Å². The molecule has 0 unspecified atom stereocenters. The molecule has 0 spiro atoms. The Morgan fingerprint density at radius 2 is 1.95 bits per heavy atom. The summed E-state index contributed by atoms with van der Waals surface area (Å²) >= 11 is 0. The summed E-state index contributed by atoms with van der Waals surface area (Å²) < 4.78 is 0. The smallest absolute Gasteiger partial charge is 0.224 e. The number of nitrogens with one attached hydrogen (secondary N) is 2. The number of rotatable bonds is 5. The van der Waals surface area contributed by atoms with Crippen LogP contribution in [-0.4, -0.2) is 22.6 Å². The van der Waals surface area contributed by atoms with Crippen molar-refractivity contribution in [3.05, 3.63) is 12.3 Å². The van der Waals surface area contributed by atoms with Crippen LogP contribution in [0.15, 0.2) is 12.3 Å². The first-order valence-electron chi connectivity index (χ1n) is 7.57. The Labute approximate surface area is 116 Å². The molecule has 1 fully saturated rings. The third-order valence-corrected chi connectivity index (χ3v) is 3.53. The zero-order chi connectivity index (χ0) is 13.5. The lowest BCUT2D eigenvalue weighted by molar-refractivity contribution is 0.617. The van der Waals surface area contributed by atoms with Gasteiger partial charge in [0.1, 0.15) is 5.82 Å². The lowest BCUT2D eigenvalue weighted by Gasteiger charge is -2.17. The Morgan fingerprint density at radius 3 is 2.63 bits per heavy atom. The van der Waals surface area contributed by atoms with Gasteiger partial charge < -0.3 is 10.6 Å². The van der Waals surface area contributed by atoms with Crippen LogP contribution in [0.1, 0.15) is 52.4 Å². The molecule has 1 aromatic heterocycles. The van der Waals surface area contributed by atoms with E-state index in [9.17, 15) is 0 Å². The minimum Gasteiger partial charge on any atom is -0.367 e. The lowest BCUT2D eigenvalue weighted by atomic mass is 10.1. The molecule has 0 saturated heterocycles. The summed E-state index contributed by atoms with van der Waals surface area (Å²) in [4.78, 5) is 8.80. The van der Waals surface area contributed by atoms with E-state index in [1.165, 1.54) is 38.5 Å². The minimum atomic E-state index is 0.579. The molecule has 4 heteroatoms. The zero-order valence-electron chi connectivity index (χ0n) is 12.2. The molecular weight excluding hydrogens is 236 g/mol. The van der Waals surface area contributed by atoms with Crippen LogP contribution in [-0.2, 0) is 0 Å². The van der Waals surface area contributed by atoms with E-state index in [2.05, 4.69) is 34.4 Å². The highest BCUT2D eigenvalue weighted by molar-refractivity contribution is 5.40. The van der Waals surface area contributed by atoms with Gasteiger partial charge in [-0.1, -0.05) is 39.5 Å². The molecule has 4 nitrogen and oxygen atoms in total. The first kappa shape index (κ1) is 14.1. The second-order valence-electron chi connectivity index (χ2n) is 5.87. The van der Waals surface area contributed by atoms with Gasteiger partial charge in [-0.3, -0.25) is 0 Å². The third-order valence-electron chi connectivity index (χ3n) is 3.53. The summed E-state index contributed by atoms with van der Waals surface area (Å²) in [5.41, 5.74) is 0. The maximum atomic E-state index is 4.54. The summed E-state index contributed by atoms with van der Waals surface area (Å²) in [5.74, 6) is 2.28. The van der Waals surface area contributed by atoms with E-state index in [0.29, 0.717) is 12.0 Å². The maximum absolute atomic E-state index is 4.54. The van der Waals surface area contributed by atoms with Crippen molar-refractivity contribution in [2.45, 2.75) is 58.4 Å². The third kappa shape index (κ3) is 5.05. The molecule has 2 N–H and O–H groups in total. The van der Waals surface area contributed by atoms with E-state index in [4.69, 9.17) is 0 Å². The minimum absolute atomic E-state index is 0.579. The van der Waals surface area contributed by atoms with Crippen molar-refractivity contribution in [2.24, 2.45) is 5.92 Å². The second kappa shape index (κ2) is 7.31. The van der Waals surface area contributed by atoms with Gasteiger partial charge in [-0.05, 0) is 24.8 Å². The number of hydrogen-bond acceptors (Lipinski definition) is 4. The Morgan fingerprint density at radius 1 is 1.21 bits per heavy atom. The molecular formula is C15H26N4. The summed E-state index contributed by atoms with van der Waals surface area (Å²) in [6.07, 6.45) is 9.78. The highest BCUT2D eigenvalue weighted by Gasteiger charge is 2.12. The fraction of sp³-hybridized carbons (Fsp3) is 0.733. The van der Waals surface area contributed by atoms with Crippen LogP contribution in [0.25, 0.3) is 0 Å².